The number of likely N-dealkylation sites (N-methyl/N-ethyl adjacent to an activating group) is 2. The molecule has 0 bridgehead atoms. The SMILES string of the molecule is CN1C(=O)C(=Cc2ccccc2OCc2ccc([N+](=O)[O-])cc2)C(=O)N(C)C1=O. The second-order valence-corrected chi connectivity index (χ2v) is 6.32. The fraction of sp³-hybridized carbons (Fsp3) is 0.150. The number of urea groups is 1. The van der Waals surface area contributed by atoms with E-state index < -0.39 is 22.8 Å². The van der Waals surface area contributed by atoms with E-state index in [4.69, 9.17) is 4.74 Å². The van der Waals surface area contributed by atoms with E-state index in [1.807, 2.05) is 0 Å². The number of hydrogen-bond acceptors (Lipinski definition) is 6. The van der Waals surface area contributed by atoms with Crippen molar-refractivity contribution in [3.05, 3.63) is 75.3 Å². The molecule has 1 aliphatic heterocycles. The van der Waals surface area contributed by atoms with Gasteiger partial charge in [-0.1, -0.05) is 18.2 Å². The number of amides is 4. The summed E-state index contributed by atoms with van der Waals surface area (Å²) in [6, 6.07) is 12.1. The molecule has 1 heterocycles. The van der Waals surface area contributed by atoms with Crippen LogP contribution in [0, 0.1) is 10.1 Å². The maximum atomic E-state index is 12.4. The van der Waals surface area contributed by atoms with E-state index >= 15 is 0 Å². The van der Waals surface area contributed by atoms with Crippen molar-refractivity contribution in [2.24, 2.45) is 0 Å². The summed E-state index contributed by atoms with van der Waals surface area (Å²) < 4.78 is 5.78. The molecule has 0 spiro atoms. The molecule has 0 atom stereocenters. The van der Waals surface area contributed by atoms with Gasteiger partial charge in [-0.15, -0.1) is 0 Å². The van der Waals surface area contributed by atoms with Crippen LogP contribution in [0.1, 0.15) is 11.1 Å². The molecule has 2 aromatic rings. The van der Waals surface area contributed by atoms with Crippen LogP contribution in [0.15, 0.2) is 54.1 Å². The molecule has 9 nitrogen and oxygen atoms in total. The second-order valence-electron chi connectivity index (χ2n) is 6.32. The number of para-hydroxylation sites is 1. The first kappa shape index (κ1) is 19.7. The lowest BCUT2D eigenvalue weighted by atomic mass is 10.1. The largest absolute Gasteiger partial charge is 0.488 e. The molecule has 29 heavy (non-hydrogen) atoms. The summed E-state index contributed by atoms with van der Waals surface area (Å²) in [5.41, 5.74) is 1.03. The lowest BCUT2D eigenvalue weighted by Gasteiger charge is -2.29. The number of barbiturate groups is 1. The number of imide groups is 2. The highest BCUT2D eigenvalue weighted by Crippen LogP contribution is 2.25. The van der Waals surface area contributed by atoms with E-state index in [0.717, 1.165) is 9.80 Å². The normalized spacial score (nSPS) is 14.3. The first-order valence-electron chi connectivity index (χ1n) is 8.56. The van der Waals surface area contributed by atoms with Crippen LogP contribution in [-0.2, 0) is 16.2 Å². The fourth-order valence-corrected chi connectivity index (χ4v) is 2.74. The van der Waals surface area contributed by atoms with Crippen molar-refractivity contribution in [3.8, 4) is 5.75 Å². The average molecular weight is 395 g/mol. The Balaban J connectivity index is 1.84. The smallest absolute Gasteiger partial charge is 0.333 e. The molecule has 9 heteroatoms. The highest BCUT2D eigenvalue weighted by Gasteiger charge is 2.37. The molecule has 2 aromatic carbocycles. The first-order chi connectivity index (χ1) is 13.8. The molecule has 3 rings (SSSR count). The second kappa shape index (κ2) is 7.93. The molecule has 0 radical (unpaired) electrons. The van der Waals surface area contributed by atoms with Gasteiger partial charge in [0.1, 0.15) is 17.9 Å². The summed E-state index contributed by atoms with van der Waals surface area (Å²) in [6.07, 6.45) is 1.38. The number of ether oxygens (including phenoxy) is 1. The zero-order chi connectivity index (χ0) is 21.1. The van der Waals surface area contributed by atoms with E-state index in [0.29, 0.717) is 16.9 Å². The van der Waals surface area contributed by atoms with Gasteiger partial charge in [0.2, 0.25) is 0 Å². The van der Waals surface area contributed by atoms with Crippen molar-refractivity contribution in [3.63, 3.8) is 0 Å². The van der Waals surface area contributed by atoms with Crippen LogP contribution in [0.2, 0.25) is 0 Å². The maximum Gasteiger partial charge on any atom is 0.333 e. The van der Waals surface area contributed by atoms with Crippen molar-refractivity contribution >= 4 is 29.6 Å². The molecular formula is C20H17N3O6. The van der Waals surface area contributed by atoms with Crippen molar-refractivity contribution in [1.29, 1.82) is 0 Å². The van der Waals surface area contributed by atoms with E-state index in [-0.39, 0.29) is 17.9 Å². The Morgan fingerprint density at radius 2 is 1.55 bits per heavy atom. The summed E-state index contributed by atoms with van der Waals surface area (Å²) in [5.74, 6) is -0.965. The Bertz CT molecular complexity index is 1000. The molecule has 1 saturated heterocycles. The van der Waals surface area contributed by atoms with Gasteiger partial charge in [-0.2, -0.15) is 0 Å². The van der Waals surface area contributed by atoms with E-state index in [1.54, 1.807) is 36.4 Å². The maximum absolute atomic E-state index is 12.4. The first-order valence-corrected chi connectivity index (χ1v) is 8.56. The lowest BCUT2D eigenvalue weighted by molar-refractivity contribution is -0.384. The summed E-state index contributed by atoms with van der Waals surface area (Å²) in [4.78, 5) is 48.6. The third-order valence-corrected chi connectivity index (χ3v) is 4.40. The molecule has 0 unspecified atom stereocenters. The quantitative estimate of drug-likeness (QED) is 0.333. The van der Waals surface area contributed by atoms with Crippen LogP contribution in [0.4, 0.5) is 10.5 Å². The summed E-state index contributed by atoms with van der Waals surface area (Å²) >= 11 is 0. The Kier molecular flexibility index (Phi) is 5.40. The van der Waals surface area contributed by atoms with Gasteiger partial charge >= 0.3 is 6.03 Å². The van der Waals surface area contributed by atoms with Gasteiger partial charge in [-0.3, -0.25) is 29.5 Å². The van der Waals surface area contributed by atoms with Crippen molar-refractivity contribution in [2.45, 2.75) is 6.61 Å². The topological polar surface area (TPSA) is 110 Å². The zero-order valence-electron chi connectivity index (χ0n) is 15.7. The highest BCUT2D eigenvalue weighted by atomic mass is 16.6. The molecule has 0 aromatic heterocycles. The number of non-ortho nitro benzene ring substituents is 1. The number of rotatable bonds is 5. The minimum Gasteiger partial charge on any atom is -0.488 e. The van der Waals surface area contributed by atoms with Gasteiger partial charge in [0.15, 0.2) is 0 Å². The predicted octanol–water partition coefficient (Wildman–Crippen LogP) is 2.61. The van der Waals surface area contributed by atoms with Crippen LogP contribution in [0.3, 0.4) is 0 Å². The average Bonchev–Trinajstić information content (AvgIpc) is 2.73. The number of carbonyl (C=O) groups excluding carboxylic acids is 3. The standard InChI is InChI=1S/C20H17N3O6/c1-21-18(24)16(19(25)22(2)20(21)26)11-14-5-3-4-6-17(14)29-12-13-7-9-15(10-8-13)23(27)28/h3-11H,12H2,1-2H3. The monoisotopic (exact) mass is 395 g/mol. The number of carbonyl (C=O) groups is 3. The van der Waals surface area contributed by atoms with Crippen LogP contribution in [0.25, 0.3) is 6.08 Å². The van der Waals surface area contributed by atoms with Gasteiger partial charge in [0, 0.05) is 31.8 Å². The van der Waals surface area contributed by atoms with E-state index in [1.165, 1.54) is 32.3 Å². The van der Waals surface area contributed by atoms with Crippen LogP contribution in [-0.4, -0.2) is 46.7 Å². The molecule has 0 saturated carbocycles. The molecular weight excluding hydrogens is 378 g/mol. The van der Waals surface area contributed by atoms with Crippen molar-refractivity contribution < 1.29 is 24.0 Å². The summed E-state index contributed by atoms with van der Waals surface area (Å²) in [7, 11) is 2.61. The number of benzene rings is 2. The Morgan fingerprint density at radius 1 is 0.966 bits per heavy atom. The number of nitro benzene ring substituents is 1. The lowest BCUT2D eigenvalue weighted by Crippen LogP contribution is -2.52. The zero-order valence-corrected chi connectivity index (χ0v) is 15.7. The molecule has 1 fully saturated rings. The van der Waals surface area contributed by atoms with Crippen molar-refractivity contribution in [2.75, 3.05) is 14.1 Å². The van der Waals surface area contributed by atoms with Crippen LogP contribution < -0.4 is 4.74 Å². The van der Waals surface area contributed by atoms with Gasteiger partial charge < -0.3 is 4.74 Å². The van der Waals surface area contributed by atoms with E-state index in [9.17, 15) is 24.5 Å². The van der Waals surface area contributed by atoms with E-state index in [2.05, 4.69) is 0 Å². The number of nitrogens with zero attached hydrogens (tertiary/aromatic N) is 3. The Hall–Kier alpha value is -4.01. The molecule has 1 aliphatic rings. The van der Waals surface area contributed by atoms with Gasteiger partial charge in [-0.25, -0.2) is 4.79 Å². The minimum atomic E-state index is -0.695. The number of hydrogen-bond donors (Lipinski definition) is 0. The number of nitro groups is 1. The summed E-state index contributed by atoms with van der Waals surface area (Å²) in [6.45, 7) is 0.137. The highest BCUT2D eigenvalue weighted by molar-refractivity contribution is 6.30. The Morgan fingerprint density at radius 3 is 2.14 bits per heavy atom. The van der Waals surface area contributed by atoms with Gasteiger partial charge in [-0.05, 0) is 29.8 Å². The summed E-state index contributed by atoms with van der Waals surface area (Å²) in [5, 5.41) is 10.7. The minimum absolute atomic E-state index is 0.0176. The van der Waals surface area contributed by atoms with Gasteiger partial charge in [0.25, 0.3) is 17.5 Å². The predicted molar refractivity (Wildman–Crippen MR) is 103 cm³/mol. The molecule has 4 amide bonds. The Labute approximate surface area is 165 Å². The molecule has 0 N–H and O–H groups in total. The van der Waals surface area contributed by atoms with Gasteiger partial charge in [0.05, 0.1) is 4.92 Å². The fourth-order valence-electron chi connectivity index (χ4n) is 2.74. The van der Waals surface area contributed by atoms with Crippen molar-refractivity contribution in [1.82, 2.24) is 9.80 Å². The third kappa shape index (κ3) is 3.98. The third-order valence-electron chi connectivity index (χ3n) is 4.40. The van der Waals surface area contributed by atoms with Crippen LogP contribution >= 0.6 is 0 Å². The molecule has 0 aliphatic carbocycles. The van der Waals surface area contributed by atoms with Crippen LogP contribution in [0.5, 0.6) is 5.75 Å². The molecule has 148 valence electrons.